The molecule has 11 heteroatoms. The van der Waals surface area contributed by atoms with Crippen molar-refractivity contribution < 1.29 is 19.2 Å². The van der Waals surface area contributed by atoms with Crippen LogP contribution in [0.1, 0.15) is 30.9 Å². The first kappa shape index (κ1) is 27.6. The van der Waals surface area contributed by atoms with E-state index in [2.05, 4.69) is 21.5 Å². The van der Waals surface area contributed by atoms with Gasteiger partial charge >= 0.3 is 6.03 Å². The van der Waals surface area contributed by atoms with Gasteiger partial charge in [-0.3, -0.25) is 19.8 Å². The van der Waals surface area contributed by atoms with E-state index in [-0.39, 0.29) is 12.8 Å². The Hall–Kier alpha value is -3.63. The van der Waals surface area contributed by atoms with Crippen LogP contribution in [0, 0.1) is 0 Å². The first-order chi connectivity index (χ1) is 16.7. The van der Waals surface area contributed by atoms with E-state index in [9.17, 15) is 19.2 Å². The number of carbonyl (C=O) groups excluding carboxylic acids is 4. The highest BCUT2D eigenvalue weighted by Gasteiger charge is 2.26. The highest BCUT2D eigenvalue weighted by Crippen LogP contribution is 2.12. The molecular formula is C24H31ClN6O4. The van der Waals surface area contributed by atoms with Crippen LogP contribution < -0.4 is 33.0 Å². The van der Waals surface area contributed by atoms with Crippen molar-refractivity contribution in [3.63, 3.8) is 0 Å². The predicted molar refractivity (Wildman–Crippen MR) is 133 cm³/mol. The molecule has 188 valence electrons. The lowest BCUT2D eigenvalue weighted by atomic mass is 10.0. The number of carbonyl (C=O) groups is 4. The number of hydrogen-bond acceptors (Lipinski definition) is 5. The van der Waals surface area contributed by atoms with Gasteiger partial charge in [-0.1, -0.05) is 61.0 Å². The van der Waals surface area contributed by atoms with Gasteiger partial charge in [0.15, 0.2) is 0 Å². The quantitative estimate of drug-likeness (QED) is 0.251. The zero-order chi connectivity index (χ0) is 25.8. The summed E-state index contributed by atoms with van der Waals surface area (Å²) in [5, 5.41) is 5.68. The molecule has 0 aromatic heterocycles. The third kappa shape index (κ3) is 9.63. The fourth-order valence-corrected chi connectivity index (χ4v) is 3.29. The molecule has 0 unspecified atom stereocenters. The van der Waals surface area contributed by atoms with Gasteiger partial charge in [0.25, 0.3) is 5.91 Å². The number of rotatable bonds is 11. The Balaban J connectivity index is 2.07. The van der Waals surface area contributed by atoms with Crippen LogP contribution in [-0.2, 0) is 27.2 Å². The van der Waals surface area contributed by atoms with E-state index in [0.29, 0.717) is 17.9 Å². The van der Waals surface area contributed by atoms with Gasteiger partial charge in [-0.25, -0.2) is 10.2 Å². The van der Waals surface area contributed by atoms with Crippen molar-refractivity contribution in [3.8, 4) is 0 Å². The summed E-state index contributed by atoms with van der Waals surface area (Å²) in [7, 11) is 0. The fraction of sp³-hybridized carbons (Fsp3) is 0.333. The van der Waals surface area contributed by atoms with E-state index >= 15 is 0 Å². The van der Waals surface area contributed by atoms with E-state index < -0.39 is 41.9 Å². The normalized spacial score (nSPS) is 13.1. The van der Waals surface area contributed by atoms with Gasteiger partial charge < -0.3 is 22.1 Å². The molecule has 35 heavy (non-hydrogen) atoms. The van der Waals surface area contributed by atoms with E-state index in [1.807, 2.05) is 30.3 Å². The maximum Gasteiger partial charge on any atom is 0.334 e. The molecule has 2 rings (SSSR count). The molecule has 3 atom stereocenters. The molecule has 0 spiro atoms. The average Bonchev–Trinajstić information content (AvgIpc) is 2.85. The van der Waals surface area contributed by atoms with E-state index in [1.165, 1.54) is 0 Å². The Morgan fingerprint density at radius 1 is 0.857 bits per heavy atom. The summed E-state index contributed by atoms with van der Waals surface area (Å²) in [6, 6.07) is 12.6. The number of primary amides is 1. The molecule has 5 amide bonds. The summed E-state index contributed by atoms with van der Waals surface area (Å²) in [6.45, 7) is 1.73. The number of aryl methyl sites for hydroxylation is 1. The largest absolute Gasteiger partial charge is 0.368 e. The monoisotopic (exact) mass is 502 g/mol. The molecule has 0 aliphatic carbocycles. The zero-order valence-corrected chi connectivity index (χ0v) is 20.2. The second-order valence-electron chi connectivity index (χ2n) is 7.97. The zero-order valence-electron chi connectivity index (χ0n) is 19.4. The van der Waals surface area contributed by atoms with Crippen LogP contribution in [-0.4, -0.2) is 41.9 Å². The second kappa shape index (κ2) is 13.9. The number of nitrogens with one attached hydrogen (secondary N) is 4. The SMILES string of the molecule is CC[C@H](N)C(=O)NNC(=O)N[C@@H](CCc1ccccc1)C(=O)N[C@@H](Cc1ccc(Cl)cc1)C(N)=O. The Morgan fingerprint density at radius 2 is 1.51 bits per heavy atom. The molecule has 0 radical (unpaired) electrons. The van der Waals surface area contributed by atoms with E-state index in [1.54, 1.807) is 31.2 Å². The van der Waals surface area contributed by atoms with Crippen molar-refractivity contribution in [3.05, 3.63) is 70.7 Å². The Kier molecular flexibility index (Phi) is 11.0. The number of halogens is 1. The molecule has 0 bridgehead atoms. The number of urea groups is 1. The molecule has 0 aliphatic rings. The summed E-state index contributed by atoms with van der Waals surface area (Å²) in [5.41, 5.74) is 17.2. The minimum absolute atomic E-state index is 0.154. The van der Waals surface area contributed by atoms with Gasteiger partial charge in [0.05, 0.1) is 6.04 Å². The number of hydrogen-bond donors (Lipinski definition) is 6. The fourth-order valence-electron chi connectivity index (χ4n) is 3.17. The lowest BCUT2D eigenvalue weighted by molar-refractivity contribution is -0.128. The van der Waals surface area contributed by atoms with Crippen molar-refractivity contribution in [1.82, 2.24) is 21.5 Å². The molecule has 8 N–H and O–H groups in total. The molecule has 0 heterocycles. The summed E-state index contributed by atoms with van der Waals surface area (Å²) in [5.74, 6) is -1.88. The summed E-state index contributed by atoms with van der Waals surface area (Å²) >= 11 is 5.90. The summed E-state index contributed by atoms with van der Waals surface area (Å²) in [4.78, 5) is 49.3. The molecule has 10 nitrogen and oxygen atoms in total. The number of hydrazine groups is 1. The standard InChI is InChI=1S/C24H31ClN6O4/c1-2-18(26)22(33)30-31-24(35)29-19(13-10-15-6-4-3-5-7-15)23(34)28-20(21(27)32)14-16-8-11-17(25)12-9-16/h3-9,11-12,18-20H,2,10,13-14,26H2,1H3,(H2,27,32)(H,28,34)(H,30,33)(H2,29,31,35)/t18-,19-,20-/m0/s1. The third-order valence-corrected chi connectivity index (χ3v) is 5.53. The topological polar surface area (TPSA) is 168 Å². The second-order valence-corrected chi connectivity index (χ2v) is 8.41. The average molecular weight is 503 g/mol. The highest BCUT2D eigenvalue weighted by molar-refractivity contribution is 6.30. The Morgan fingerprint density at radius 3 is 2.11 bits per heavy atom. The Bertz CT molecular complexity index is 1000. The van der Waals surface area contributed by atoms with Crippen LogP contribution in [0.2, 0.25) is 5.02 Å². The third-order valence-electron chi connectivity index (χ3n) is 5.28. The van der Waals surface area contributed by atoms with Gasteiger partial charge in [-0.2, -0.15) is 0 Å². The van der Waals surface area contributed by atoms with Crippen LogP contribution in [0.25, 0.3) is 0 Å². The van der Waals surface area contributed by atoms with Crippen LogP contribution >= 0.6 is 11.6 Å². The number of amides is 5. The van der Waals surface area contributed by atoms with Gasteiger partial charge in [-0.05, 0) is 42.5 Å². The smallest absolute Gasteiger partial charge is 0.334 e. The molecular weight excluding hydrogens is 472 g/mol. The van der Waals surface area contributed by atoms with Crippen molar-refractivity contribution in [1.29, 1.82) is 0 Å². The lowest BCUT2D eigenvalue weighted by Gasteiger charge is -2.22. The van der Waals surface area contributed by atoms with Gasteiger partial charge in [0, 0.05) is 11.4 Å². The van der Waals surface area contributed by atoms with Gasteiger partial charge in [-0.15, -0.1) is 0 Å². The van der Waals surface area contributed by atoms with Gasteiger partial charge in [0.1, 0.15) is 12.1 Å². The van der Waals surface area contributed by atoms with Crippen LogP contribution in [0.4, 0.5) is 4.79 Å². The highest BCUT2D eigenvalue weighted by atomic mass is 35.5. The van der Waals surface area contributed by atoms with E-state index in [4.69, 9.17) is 23.1 Å². The molecule has 0 saturated carbocycles. The van der Waals surface area contributed by atoms with Crippen molar-refractivity contribution in [2.75, 3.05) is 0 Å². The summed E-state index contributed by atoms with van der Waals surface area (Å²) < 4.78 is 0. The first-order valence-electron chi connectivity index (χ1n) is 11.2. The van der Waals surface area contributed by atoms with Crippen LogP contribution in [0.5, 0.6) is 0 Å². The molecule has 0 aliphatic heterocycles. The first-order valence-corrected chi connectivity index (χ1v) is 11.6. The molecule has 0 fully saturated rings. The lowest BCUT2D eigenvalue weighted by Crippen LogP contribution is -2.58. The van der Waals surface area contributed by atoms with Gasteiger partial charge in [0.2, 0.25) is 11.8 Å². The van der Waals surface area contributed by atoms with Crippen LogP contribution in [0.3, 0.4) is 0 Å². The molecule has 2 aromatic rings. The van der Waals surface area contributed by atoms with Crippen molar-refractivity contribution in [2.24, 2.45) is 11.5 Å². The van der Waals surface area contributed by atoms with E-state index in [0.717, 1.165) is 11.1 Å². The van der Waals surface area contributed by atoms with Crippen molar-refractivity contribution >= 4 is 35.4 Å². The minimum Gasteiger partial charge on any atom is -0.368 e. The maximum absolute atomic E-state index is 13.1. The predicted octanol–water partition coefficient (Wildman–Crippen LogP) is 0.922. The Labute approximate surface area is 209 Å². The number of nitrogens with two attached hydrogens (primary N) is 2. The van der Waals surface area contributed by atoms with Crippen molar-refractivity contribution in [2.45, 2.75) is 50.7 Å². The maximum atomic E-state index is 13.1. The molecule has 2 aromatic carbocycles. The molecule has 0 saturated heterocycles. The van der Waals surface area contributed by atoms with Crippen LogP contribution in [0.15, 0.2) is 54.6 Å². The minimum atomic E-state index is -1.01. The summed E-state index contributed by atoms with van der Waals surface area (Å²) in [6.07, 6.45) is 1.25. The number of benzene rings is 2.